The van der Waals surface area contributed by atoms with Gasteiger partial charge in [-0.05, 0) is 38.0 Å². The van der Waals surface area contributed by atoms with E-state index in [1.165, 1.54) is 0 Å². The highest BCUT2D eigenvalue weighted by Crippen LogP contribution is 2.31. The molecule has 1 aromatic carbocycles. The maximum Gasteiger partial charge on any atom is 0.335 e. The number of aromatic amines is 1. The molecule has 0 aliphatic carbocycles. The summed E-state index contributed by atoms with van der Waals surface area (Å²) < 4.78 is 0. The van der Waals surface area contributed by atoms with Crippen LogP contribution in [0.1, 0.15) is 47.1 Å². The van der Waals surface area contributed by atoms with E-state index in [2.05, 4.69) is 4.98 Å². The molecule has 1 unspecified atom stereocenters. The van der Waals surface area contributed by atoms with Crippen molar-refractivity contribution in [2.75, 3.05) is 0 Å². The molecule has 18 heavy (non-hydrogen) atoms. The van der Waals surface area contributed by atoms with Gasteiger partial charge in [-0.15, -0.1) is 0 Å². The van der Waals surface area contributed by atoms with Crippen molar-refractivity contribution in [3.05, 3.63) is 34.5 Å². The second kappa shape index (κ2) is 4.46. The first-order chi connectivity index (χ1) is 8.45. The summed E-state index contributed by atoms with van der Waals surface area (Å²) in [5.74, 6) is -0.943. The summed E-state index contributed by atoms with van der Waals surface area (Å²) in [6, 6.07) is 3.31. The number of benzene rings is 1. The lowest BCUT2D eigenvalue weighted by Gasteiger charge is -2.06. The fraction of sp³-hybridized carbons (Fsp3) is 0.357. The van der Waals surface area contributed by atoms with Gasteiger partial charge in [-0.3, -0.25) is 0 Å². The van der Waals surface area contributed by atoms with Crippen LogP contribution < -0.4 is 0 Å². The van der Waals surface area contributed by atoms with Crippen LogP contribution in [0.15, 0.2) is 12.1 Å². The Kier molecular flexibility index (Phi) is 3.13. The van der Waals surface area contributed by atoms with Gasteiger partial charge in [0.05, 0.1) is 11.7 Å². The first-order valence-electron chi connectivity index (χ1n) is 6.02. The number of aromatic carboxylic acids is 1. The molecule has 0 aliphatic heterocycles. The molecule has 2 rings (SSSR count). The summed E-state index contributed by atoms with van der Waals surface area (Å²) in [6.07, 6.45) is 0.129. The van der Waals surface area contributed by atoms with E-state index in [1.807, 2.05) is 13.8 Å². The SMILES string of the molecule is CCc1cc(C(=O)O)cc2c(C(C)O)c(C)[nH]c12. The summed E-state index contributed by atoms with van der Waals surface area (Å²) >= 11 is 0. The second-order valence-corrected chi connectivity index (χ2v) is 4.56. The van der Waals surface area contributed by atoms with Crippen LogP contribution in [-0.2, 0) is 6.42 Å². The maximum absolute atomic E-state index is 11.1. The molecule has 1 heterocycles. The average molecular weight is 247 g/mol. The van der Waals surface area contributed by atoms with Crippen LogP contribution in [0.25, 0.3) is 10.9 Å². The van der Waals surface area contributed by atoms with Crippen molar-refractivity contribution in [1.29, 1.82) is 0 Å². The van der Waals surface area contributed by atoms with Crippen LogP contribution in [0.5, 0.6) is 0 Å². The molecule has 0 fully saturated rings. The number of nitrogens with one attached hydrogen (secondary N) is 1. The Bertz CT molecular complexity index is 611. The van der Waals surface area contributed by atoms with E-state index in [4.69, 9.17) is 5.11 Å². The Morgan fingerprint density at radius 1 is 1.44 bits per heavy atom. The van der Waals surface area contributed by atoms with Crippen LogP contribution in [0.3, 0.4) is 0 Å². The molecule has 4 nitrogen and oxygen atoms in total. The van der Waals surface area contributed by atoms with Crippen LogP contribution in [0, 0.1) is 6.92 Å². The van der Waals surface area contributed by atoms with Crippen molar-refractivity contribution >= 4 is 16.9 Å². The molecule has 1 aromatic heterocycles. The molecule has 0 saturated heterocycles. The zero-order valence-electron chi connectivity index (χ0n) is 10.7. The number of fused-ring (bicyclic) bond motifs is 1. The smallest absolute Gasteiger partial charge is 0.335 e. The zero-order chi connectivity index (χ0) is 13.4. The van der Waals surface area contributed by atoms with Crippen molar-refractivity contribution < 1.29 is 15.0 Å². The molecule has 96 valence electrons. The predicted octanol–water partition coefficient (Wildman–Crippen LogP) is 2.79. The Balaban J connectivity index is 2.84. The number of aromatic nitrogens is 1. The van der Waals surface area contributed by atoms with E-state index in [-0.39, 0.29) is 5.56 Å². The number of aryl methyl sites for hydroxylation is 2. The third-order valence-electron chi connectivity index (χ3n) is 3.27. The topological polar surface area (TPSA) is 73.3 Å². The number of H-pyrrole nitrogens is 1. The first kappa shape index (κ1) is 12.6. The number of rotatable bonds is 3. The van der Waals surface area contributed by atoms with E-state index in [1.54, 1.807) is 19.1 Å². The van der Waals surface area contributed by atoms with Gasteiger partial charge in [-0.25, -0.2) is 4.79 Å². The fourth-order valence-corrected chi connectivity index (χ4v) is 2.46. The highest BCUT2D eigenvalue weighted by molar-refractivity contribution is 5.97. The molecule has 0 aliphatic rings. The van der Waals surface area contributed by atoms with Gasteiger partial charge in [0.1, 0.15) is 0 Å². The van der Waals surface area contributed by atoms with Crippen LogP contribution in [0.2, 0.25) is 0 Å². The molecule has 0 saturated carbocycles. The van der Waals surface area contributed by atoms with Gasteiger partial charge in [0.25, 0.3) is 0 Å². The van der Waals surface area contributed by atoms with E-state index < -0.39 is 12.1 Å². The molecule has 0 amide bonds. The number of carbonyl (C=O) groups is 1. The number of carboxylic acid groups (broad SMARTS) is 1. The molecule has 3 N–H and O–H groups in total. The van der Waals surface area contributed by atoms with Crippen molar-refractivity contribution in [3.63, 3.8) is 0 Å². The predicted molar refractivity (Wildman–Crippen MR) is 70.0 cm³/mol. The van der Waals surface area contributed by atoms with Gasteiger partial charge in [0, 0.05) is 22.2 Å². The third-order valence-corrected chi connectivity index (χ3v) is 3.27. The molecule has 0 bridgehead atoms. The van der Waals surface area contributed by atoms with Gasteiger partial charge in [0.2, 0.25) is 0 Å². The van der Waals surface area contributed by atoms with E-state index >= 15 is 0 Å². The average Bonchev–Trinajstić information content (AvgIpc) is 2.63. The number of hydrogen-bond acceptors (Lipinski definition) is 2. The Morgan fingerprint density at radius 3 is 2.61 bits per heavy atom. The van der Waals surface area contributed by atoms with E-state index in [0.29, 0.717) is 0 Å². The van der Waals surface area contributed by atoms with E-state index in [9.17, 15) is 9.90 Å². The number of aliphatic hydroxyl groups is 1. The monoisotopic (exact) mass is 247 g/mol. The molecule has 2 aromatic rings. The highest BCUT2D eigenvalue weighted by atomic mass is 16.4. The summed E-state index contributed by atoms with van der Waals surface area (Å²) in [5, 5.41) is 19.7. The standard InChI is InChI=1S/C14H17NO3/c1-4-9-5-10(14(17)18)6-11-12(8(3)16)7(2)15-13(9)11/h5-6,8,15-16H,4H2,1-3H3,(H,17,18). The highest BCUT2D eigenvalue weighted by Gasteiger charge is 2.17. The molecule has 0 radical (unpaired) electrons. The lowest BCUT2D eigenvalue weighted by Crippen LogP contribution is -1.99. The van der Waals surface area contributed by atoms with Gasteiger partial charge >= 0.3 is 5.97 Å². The quantitative estimate of drug-likeness (QED) is 0.780. The minimum Gasteiger partial charge on any atom is -0.478 e. The zero-order valence-corrected chi connectivity index (χ0v) is 10.7. The molecule has 1 atom stereocenters. The third kappa shape index (κ3) is 1.88. The Labute approximate surface area is 105 Å². The summed E-state index contributed by atoms with van der Waals surface area (Å²) in [6.45, 7) is 5.56. The minimum atomic E-state index is -0.943. The van der Waals surface area contributed by atoms with Gasteiger partial charge in [-0.2, -0.15) is 0 Å². The van der Waals surface area contributed by atoms with Crippen molar-refractivity contribution in [2.45, 2.75) is 33.3 Å². The summed E-state index contributed by atoms with van der Waals surface area (Å²) in [4.78, 5) is 14.4. The molecular formula is C14H17NO3. The molecule has 4 heteroatoms. The van der Waals surface area contributed by atoms with Crippen molar-refractivity contribution in [3.8, 4) is 0 Å². The first-order valence-corrected chi connectivity index (χ1v) is 6.02. The van der Waals surface area contributed by atoms with Crippen LogP contribution in [-0.4, -0.2) is 21.2 Å². The number of hydrogen-bond donors (Lipinski definition) is 3. The van der Waals surface area contributed by atoms with E-state index in [0.717, 1.165) is 34.1 Å². The van der Waals surface area contributed by atoms with Crippen molar-refractivity contribution in [2.24, 2.45) is 0 Å². The second-order valence-electron chi connectivity index (χ2n) is 4.56. The Morgan fingerprint density at radius 2 is 2.11 bits per heavy atom. The maximum atomic E-state index is 11.1. The summed E-state index contributed by atoms with van der Waals surface area (Å²) in [7, 11) is 0. The van der Waals surface area contributed by atoms with Gasteiger partial charge in [-0.1, -0.05) is 6.92 Å². The lowest BCUT2D eigenvalue weighted by atomic mass is 10.00. The van der Waals surface area contributed by atoms with Gasteiger partial charge in [0.15, 0.2) is 0 Å². The normalized spacial score (nSPS) is 12.9. The summed E-state index contributed by atoms with van der Waals surface area (Å²) in [5.41, 5.74) is 3.82. The number of carboxylic acids is 1. The minimum absolute atomic E-state index is 0.264. The van der Waals surface area contributed by atoms with Crippen LogP contribution >= 0.6 is 0 Å². The van der Waals surface area contributed by atoms with Crippen molar-refractivity contribution in [1.82, 2.24) is 4.98 Å². The molecule has 0 spiro atoms. The molecular weight excluding hydrogens is 230 g/mol. The van der Waals surface area contributed by atoms with Crippen LogP contribution in [0.4, 0.5) is 0 Å². The number of aliphatic hydroxyl groups excluding tert-OH is 1. The van der Waals surface area contributed by atoms with Gasteiger partial charge < -0.3 is 15.2 Å². The Hall–Kier alpha value is -1.81. The fourth-order valence-electron chi connectivity index (χ4n) is 2.46. The lowest BCUT2D eigenvalue weighted by molar-refractivity contribution is 0.0697. The largest absolute Gasteiger partial charge is 0.478 e.